The average Bonchev–Trinajstić information content (AvgIpc) is 2.51. The molecule has 1 aliphatic heterocycles. The lowest BCUT2D eigenvalue weighted by Crippen LogP contribution is -2.43. The first-order valence-electron chi connectivity index (χ1n) is 7.47. The van der Waals surface area contributed by atoms with Crippen LogP contribution < -0.4 is 10.1 Å². The third-order valence-electron chi connectivity index (χ3n) is 3.76. The van der Waals surface area contributed by atoms with E-state index < -0.39 is 10.0 Å². The molecule has 0 radical (unpaired) electrons. The molecule has 0 bridgehead atoms. The van der Waals surface area contributed by atoms with Gasteiger partial charge in [-0.1, -0.05) is 22.0 Å². The van der Waals surface area contributed by atoms with Crippen LogP contribution in [0.15, 0.2) is 28.7 Å². The van der Waals surface area contributed by atoms with Gasteiger partial charge in [0, 0.05) is 23.5 Å². The van der Waals surface area contributed by atoms with E-state index in [1.54, 1.807) is 0 Å². The molecule has 1 amide bonds. The molecule has 0 aliphatic carbocycles. The molecule has 2 rings (SSSR count). The van der Waals surface area contributed by atoms with E-state index in [2.05, 4.69) is 21.2 Å². The van der Waals surface area contributed by atoms with Crippen molar-refractivity contribution in [3.63, 3.8) is 0 Å². The molecule has 1 fully saturated rings. The summed E-state index contributed by atoms with van der Waals surface area (Å²) >= 11 is 3.37. The van der Waals surface area contributed by atoms with Crippen molar-refractivity contribution in [2.24, 2.45) is 5.92 Å². The van der Waals surface area contributed by atoms with Crippen LogP contribution in [0.1, 0.15) is 12.8 Å². The van der Waals surface area contributed by atoms with E-state index >= 15 is 0 Å². The summed E-state index contributed by atoms with van der Waals surface area (Å²) in [5.41, 5.74) is 0. The lowest BCUT2D eigenvalue weighted by molar-refractivity contribution is -0.126. The van der Waals surface area contributed by atoms with E-state index in [9.17, 15) is 13.2 Å². The molecule has 1 saturated heterocycles. The van der Waals surface area contributed by atoms with Crippen molar-refractivity contribution in [2.75, 3.05) is 32.5 Å². The zero-order chi connectivity index (χ0) is 16.9. The van der Waals surface area contributed by atoms with Crippen LogP contribution in [0.3, 0.4) is 0 Å². The molecule has 1 N–H and O–H groups in total. The van der Waals surface area contributed by atoms with Crippen LogP contribution in [-0.4, -0.2) is 51.1 Å². The molecule has 0 atom stereocenters. The average molecular weight is 405 g/mol. The van der Waals surface area contributed by atoms with Crippen molar-refractivity contribution >= 4 is 31.9 Å². The van der Waals surface area contributed by atoms with Gasteiger partial charge in [-0.3, -0.25) is 4.79 Å². The highest BCUT2D eigenvalue weighted by molar-refractivity contribution is 9.10. The van der Waals surface area contributed by atoms with Crippen LogP contribution in [0.2, 0.25) is 0 Å². The zero-order valence-corrected chi connectivity index (χ0v) is 15.4. The second-order valence-corrected chi connectivity index (χ2v) is 8.43. The molecule has 8 heteroatoms. The summed E-state index contributed by atoms with van der Waals surface area (Å²) in [6.45, 7) is 1.64. The fraction of sp³-hybridized carbons (Fsp3) is 0.533. The predicted octanol–water partition coefficient (Wildman–Crippen LogP) is 1.62. The highest BCUT2D eigenvalue weighted by Crippen LogP contribution is 2.19. The Hall–Kier alpha value is -1.12. The Morgan fingerprint density at radius 2 is 2.09 bits per heavy atom. The molecule has 1 heterocycles. The fourth-order valence-electron chi connectivity index (χ4n) is 2.49. The van der Waals surface area contributed by atoms with Gasteiger partial charge in [-0.2, -0.15) is 0 Å². The Balaban J connectivity index is 1.68. The summed E-state index contributed by atoms with van der Waals surface area (Å²) in [7, 11) is -3.15. The number of carbonyl (C=O) groups excluding carboxylic acids is 1. The van der Waals surface area contributed by atoms with Crippen LogP contribution in [0.5, 0.6) is 5.75 Å². The number of rotatable bonds is 6. The Kier molecular flexibility index (Phi) is 6.43. The number of piperidine rings is 1. The third-order valence-corrected chi connectivity index (χ3v) is 5.56. The molecule has 0 unspecified atom stereocenters. The van der Waals surface area contributed by atoms with Gasteiger partial charge in [0.25, 0.3) is 0 Å². The minimum atomic E-state index is -3.15. The second-order valence-electron chi connectivity index (χ2n) is 5.53. The van der Waals surface area contributed by atoms with E-state index in [1.165, 1.54) is 10.6 Å². The number of nitrogens with one attached hydrogen (secondary N) is 1. The molecule has 6 nitrogen and oxygen atoms in total. The number of amides is 1. The van der Waals surface area contributed by atoms with Crippen molar-refractivity contribution in [3.8, 4) is 5.75 Å². The number of hydrogen-bond donors (Lipinski definition) is 1. The lowest BCUT2D eigenvalue weighted by Gasteiger charge is -2.29. The summed E-state index contributed by atoms with van der Waals surface area (Å²) in [6.07, 6.45) is 2.32. The zero-order valence-electron chi connectivity index (χ0n) is 13.0. The van der Waals surface area contributed by atoms with Gasteiger partial charge in [0.1, 0.15) is 12.4 Å². The maximum Gasteiger partial charge on any atom is 0.223 e. The highest BCUT2D eigenvalue weighted by atomic mass is 79.9. The summed E-state index contributed by atoms with van der Waals surface area (Å²) in [6, 6.07) is 7.52. The van der Waals surface area contributed by atoms with Crippen LogP contribution in [0, 0.1) is 5.92 Å². The van der Waals surface area contributed by atoms with Gasteiger partial charge in [0.05, 0.1) is 12.8 Å². The quantitative estimate of drug-likeness (QED) is 0.730. The SMILES string of the molecule is CS(=O)(=O)N1CCC(C(=O)NCCOc2cccc(Br)c2)CC1. The molecule has 1 aromatic carbocycles. The van der Waals surface area contributed by atoms with E-state index in [-0.39, 0.29) is 11.8 Å². The standard InChI is InChI=1S/C15H21BrN2O4S/c1-23(20,21)18-8-5-12(6-9-18)15(19)17-7-10-22-14-4-2-3-13(16)11-14/h2-4,11-12H,5-10H2,1H3,(H,17,19). The first kappa shape index (κ1) is 18.2. The molecule has 128 valence electrons. The van der Waals surface area contributed by atoms with Crippen molar-refractivity contribution in [2.45, 2.75) is 12.8 Å². The molecule has 1 aliphatic rings. The van der Waals surface area contributed by atoms with Gasteiger partial charge in [-0.15, -0.1) is 0 Å². The first-order chi connectivity index (χ1) is 10.9. The van der Waals surface area contributed by atoms with Gasteiger partial charge >= 0.3 is 0 Å². The number of halogens is 1. The largest absolute Gasteiger partial charge is 0.492 e. The summed E-state index contributed by atoms with van der Waals surface area (Å²) in [5.74, 6) is 0.588. The second kappa shape index (κ2) is 8.12. The smallest absolute Gasteiger partial charge is 0.223 e. The number of benzene rings is 1. The number of nitrogens with zero attached hydrogens (tertiary/aromatic N) is 1. The third kappa shape index (κ3) is 5.78. The molecule has 0 saturated carbocycles. The molecule has 23 heavy (non-hydrogen) atoms. The Labute approximate surface area is 145 Å². The van der Waals surface area contributed by atoms with E-state index in [0.29, 0.717) is 39.1 Å². The first-order valence-corrected chi connectivity index (χ1v) is 10.1. The Morgan fingerprint density at radius 3 is 2.70 bits per heavy atom. The van der Waals surface area contributed by atoms with Gasteiger partial charge < -0.3 is 10.1 Å². The van der Waals surface area contributed by atoms with Crippen molar-refractivity contribution < 1.29 is 17.9 Å². The van der Waals surface area contributed by atoms with Crippen molar-refractivity contribution in [1.82, 2.24) is 9.62 Å². The van der Waals surface area contributed by atoms with Crippen LogP contribution in [0.4, 0.5) is 0 Å². The summed E-state index contributed by atoms with van der Waals surface area (Å²) in [5, 5.41) is 2.85. The van der Waals surface area contributed by atoms with Crippen LogP contribution >= 0.6 is 15.9 Å². The molecular formula is C15H21BrN2O4S. The number of hydrogen-bond acceptors (Lipinski definition) is 4. The van der Waals surface area contributed by atoms with Crippen LogP contribution in [-0.2, 0) is 14.8 Å². The Morgan fingerprint density at radius 1 is 1.39 bits per heavy atom. The van der Waals surface area contributed by atoms with E-state index in [4.69, 9.17) is 4.74 Å². The minimum absolute atomic E-state index is 0.0315. The maximum atomic E-state index is 12.1. The van der Waals surface area contributed by atoms with E-state index in [1.807, 2.05) is 24.3 Å². The molecule has 0 aromatic heterocycles. The van der Waals surface area contributed by atoms with Crippen molar-refractivity contribution in [3.05, 3.63) is 28.7 Å². The van der Waals surface area contributed by atoms with E-state index in [0.717, 1.165) is 10.2 Å². The molecular weight excluding hydrogens is 384 g/mol. The minimum Gasteiger partial charge on any atom is -0.492 e. The fourth-order valence-corrected chi connectivity index (χ4v) is 3.75. The van der Waals surface area contributed by atoms with Gasteiger partial charge in [0.15, 0.2) is 0 Å². The number of ether oxygens (including phenoxy) is 1. The molecule has 1 aromatic rings. The predicted molar refractivity (Wildman–Crippen MR) is 91.8 cm³/mol. The highest BCUT2D eigenvalue weighted by Gasteiger charge is 2.28. The normalized spacial score (nSPS) is 17.0. The summed E-state index contributed by atoms with van der Waals surface area (Å²) in [4.78, 5) is 12.1. The Bertz CT molecular complexity index is 643. The van der Waals surface area contributed by atoms with Crippen molar-refractivity contribution in [1.29, 1.82) is 0 Å². The topological polar surface area (TPSA) is 75.7 Å². The maximum absolute atomic E-state index is 12.1. The van der Waals surface area contributed by atoms with Gasteiger partial charge in [-0.05, 0) is 31.0 Å². The van der Waals surface area contributed by atoms with Gasteiger partial charge in [0.2, 0.25) is 15.9 Å². The number of carbonyl (C=O) groups is 1. The monoisotopic (exact) mass is 404 g/mol. The molecule has 0 spiro atoms. The van der Waals surface area contributed by atoms with Gasteiger partial charge in [-0.25, -0.2) is 12.7 Å². The summed E-state index contributed by atoms with van der Waals surface area (Å²) < 4.78 is 30.8. The van der Waals surface area contributed by atoms with Crippen LogP contribution in [0.25, 0.3) is 0 Å². The lowest BCUT2D eigenvalue weighted by atomic mass is 9.97. The number of sulfonamides is 1.